The maximum absolute atomic E-state index is 10.6. The highest BCUT2D eigenvalue weighted by atomic mass is 16.5. The van der Waals surface area contributed by atoms with Crippen molar-refractivity contribution in [2.24, 2.45) is 0 Å². The van der Waals surface area contributed by atoms with Crippen LogP contribution < -0.4 is 5.32 Å². The first-order valence-electron chi connectivity index (χ1n) is 6.95. The lowest BCUT2D eigenvalue weighted by molar-refractivity contribution is 0.0311. The molecule has 1 aliphatic heterocycles. The molecule has 18 heavy (non-hydrogen) atoms. The van der Waals surface area contributed by atoms with Crippen molar-refractivity contribution in [3.8, 4) is 0 Å². The Hall–Kier alpha value is -0.810. The lowest BCUT2D eigenvalue weighted by Gasteiger charge is -2.40. The fraction of sp³-hybridized carbons (Fsp3) is 0.923. The summed E-state index contributed by atoms with van der Waals surface area (Å²) in [6.45, 7) is 2.04. The van der Waals surface area contributed by atoms with Gasteiger partial charge in [-0.25, -0.2) is 4.79 Å². The first-order chi connectivity index (χ1) is 8.69. The average molecular weight is 256 g/mol. The highest BCUT2D eigenvalue weighted by molar-refractivity contribution is 5.64. The minimum atomic E-state index is -0.894. The molecule has 1 saturated carbocycles. The molecule has 5 heteroatoms. The smallest absolute Gasteiger partial charge is 0.404 e. The van der Waals surface area contributed by atoms with E-state index in [-0.39, 0.29) is 6.04 Å². The van der Waals surface area contributed by atoms with Crippen LogP contribution in [0.4, 0.5) is 4.79 Å². The van der Waals surface area contributed by atoms with Crippen LogP contribution in [0, 0.1) is 0 Å². The number of carboxylic acid groups (broad SMARTS) is 1. The summed E-state index contributed by atoms with van der Waals surface area (Å²) in [5.41, 5.74) is 0. The molecule has 0 aromatic carbocycles. The Bertz CT molecular complexity index is 269. The minimum Gasteiger partial charge on any atom is -0.465 e. The Morgan fingerprint density at radius 1 is 1.17 bits per heavy atom. The van der Waals surface area contributed by atoms with Gasteiger partial charge in [0.05, 0.1) is 6.10 Å². The second kappa shape index (κ2) is 6.38. The van der Waals surface area contributed by atoms with Crippen LogP contribution in [0.1, 0.15) is 38.5 Å². The quantitative estimate of drug-likeness (QED) is 0.806. The Balaban J connectivity index is 1.71. The summed E-state index contributed by atoms with van der Waals surface area (Å²) in [7, 11) is 1.80. The van der Waals surface area contributed by atoms with Crippen molar-refractivity contribution in [3.63, 3.8) is 0 Å². The predicted molar refractivity (Wildman–Crippen MR) is 68.8 cm³/mol. The zero-order valence-corrected chi connectivity index (χ0v) is 11.1. The third-order valence-corrected chi connectivity index (χ3v) is 4.35. The molecule has 1 amide bonds. The SMILES string of the molecule is COC1CCC(N2CCC(NC(=O)O)CC2)CC1. The summed E-state index contributed by atoms with van der Waals surface area (Å²) in [5.74, 6) is 0. The van der Waals surface area contributed by atoms with E-state index in [9.17, 15) is 4.79 Å². The third kappa shape index (κ3) is 3.59. The van der Waals surface area contributed by atoms with Gasteiger partial charge in [0.1, 0.15) is 0 Å². The number of hydrogen-bond acceptors (Lipinski definition) is 3. The maximum atomic E-state index is 10.6. The summed E-state index contributed by atoms with van der Waals surface area (Å²) in [6, 6.07) is 0.830. The summed E-state index contributed by atoms with van der Waals surface area (Å²) in [6.07, 6.45) is 6.20. The Labute approximate surface area is 108 Å². The summed E-state index contributed by atoms with van der Waals surface area (Å²) >= 11 is 0. The zero-order valence-electron chi connectivity index (χ0n) is 11.1. The molecule has 2 aliphatic rings. The summed E-state index contributed by atoms with van der Waals surface area (Å²) in [4.78, 5) is 13.1. The number of carbonyl (C=O) groups is 1. The Kier molecular flexibility index (Phi) is 4.83. The van der Waals surface area contributed by atoms with E-state index in [2.05, 4.69) is 10.2 Å². The van der Waals surface area contributed by atoms with Gasteiger partial charge in [-0.1, -0.05) is 0 Å². The number of likely N-dealkylation sites (tertiary alicyclic amines) is 1. The van der Waals surface area contributed by atoms with Crippen molar-refractivity contribution in [1.29, 1.82) is 0 Å². The summed E-state index contributed by atoms with van der Waals surface area (Å²) in [5, 5.41) is 11.3. The molecule has 0 radical (unpaired) electrons. The van der Waals surface area contributed by atoms with Crippen LogP contribution in [0.25, 0.3) is 0 Å². The maximum Gasteiger partial charge on any atom is 0.404 e. The molecule has 0 atom stereocenters. The molecular weight excluding hydrogens is 232 g/mol. The van der Waals surface area contributed by atoms with Crippen molar-refractivity contribution < 1.29 is 14.6 Å². The lowest BCUT2D eigenvalue weighted by Crippen LogP contribution is -2.48. The largest absolute Gasteiger partial charge is 0.465 e. The van der Waals surface area contributed by atoms with Crippen LogP contribution >= 0.6 is 0 Å². The van der Waals surface area contributed by atoms with Crippen molar-refractivity contribution in [2.45, 2.75) is 56.7 Å². The first kappa shape index (κ1) is 13.6. The number of piperidine rings is 1. The first-order valence-corrected chi connectivity index (χ1v) is 6.95. The van der Waals surface area contributed by atoms with E-state index in [1.54, 1.807) is 7.11 Å². The van der Waals surface area contributed by atoms with Gasteiger partial charge in [-0.05, 0) is 38.5 Å². The predicted octanol–water partition coefficient (Wildman–Crippen LogP) is 1.68. The molecular formula is C13H24N2O3. The second-order valence-electron chi connectivity index (χ2n) is 5.43. The monoisotopic (exact) mass is 256 g/mol. The van der Waals surface area contributed by atoms with Crippen molar-refractivity contribution in [1.82, 2.24) is 10.2 Å². The van der Waals surface area contributed by atoms with Crippen molar-refractivity contribution >= 4 is 6.09 Å². The number of amides is 1. The molecule has 0 aromatic heterocycles. The molecule has 2 fully saturated rings. The van der Waals surface area contributed by atoms with E-state index in [1.165, 1.54) is 12.8 Å². The molecule has 0 aromatic rings. The second-order valence-corrected chi connectivity index (χ2v) is 5.43. The van der Waals surface area contributed by atoms with Gasteiger partial charge in [0.15, 0.2) is 0 Å². The topological polar surface area (TPSA) is 61.8 Å². The van der Waals surface area contributed by atoms with Crippen LogP contribution in [-0.4, -0.2) is 54.5 Å². The number of nitrogens with one attached hydrogen (secondary N) is 1. The standard InChI is InChI=1S/C13H24N2O3/c1-18-12-4-2-11(3-5-12)15-8-6-10(7-9-15)14-13(16)17/h10-12,14H,2-9H2,1H3,(H,16,17). The molecule has 5 nitrogen and oxygen atoms in total. The Morgan fingerprint density at radius 2 is 1.78 bits per heavy atom. The zero-order chi connectivity index (χ0) is 13.0. The number of rotatable bonds is 3. The van der Waals surface area contributed by atoms with Gasteiger partial charge < -0.3 is 20.1 Å². The van der Waals surface area contributed by atoms with Crippen LogP contribution in [-0.2, 0) is 4.74 Å². The van der Waals surface area contributed by atoms with Crippen LogP contribution in [0.5, 0.6) is 0 Å². The Morgan fingerprint density at radius 3 is 2.28 bits per heavy atom. The van der Waals surface area contributed by atoms with Gasteiger partial charge in [0.2, 0.25) is 0 Å². The number of nitrogens with zero attached hydrogens (tertiary/aromatic N) is 1. The van der Waals surface area contributed by atoms with Crippen molar-refractivity contribution in [2.75, 3.05) is 20.2 Å². The van der Waals surface area contributed by atoms with E-state index in [1.807, 2.05) is 0 Å². The fourth-order valence-corrected chi connectivity index (χ4v) is 3.23. The van der Waals surface area contributed by atoms with E-state index in [0.717, 1.165) is 38.8 Å². The number of ether oxygens (including phenoxy) is 1. The summed E-state index contributed by atoms with van der Waals surface area (Å²) < 4.78 is 5.39. The van der Waals surface area contributed by atoms with E-state index in [4.69, 9.17) is 9.84 Å². The van der Waals surface area contributed by atoms with Gasteiger partial charge in [-0.2, -0.15) is 0 Å². The van der Waals surface area contributed by atoms with E-state index in [0.29, 0.717) is 12.1 Å². The molecule has 1 heterocycles. The molecule has 1 aliphatic carbocycles. The highest BCUT2D eigenvalue weighted by Crippen LogP contribution is 2.26. The molecule has 0 unspecified atom stereocenters. The van der Waals surface area contributed by atoms with Crippen LogP contribution in [0.15, 0.2) is 0 Å². The van der Waals surface area contributed by atoms with E-state index >= 15 is 0 Å². The highest BCUT2D eigenvalue weighted by Gasteiger charge is 2.29. The fourth-order valence-electron chi connectivity index (χ4n) is 3.23. The molecule has 0 spiro atoms. The molecule has 2 rings (SSSR count). The lowest BCUT2D eigenvalue weighted by atomic mass is 9.90. The molecule has 0 bridgehead atoms. The number of methoxy groups -OCH3 is 1. The molecule has 104 valence electrons. The van der Waals surface area contributed by atoms with Gasteiger partial charge in [0.25, 0.3) is 0 Å². The average Bonchev–Trinajstić information content (AvgIpc) is 2.39. The van der Waals surface area contributed by atoms with Gasteiger partial charge >= 0.3 is 6.09 Å². The molecule has 1 saturated heterocycles. The number of hydrogen-bond donors (Lipinski definition) is 2. The molecule has 2 N–H and O–H groups in total. The van der Waals surface area contributed by atoms with Crippen LogP contribution in [0.3, 0.4) is 0 Å². The minimum absolute atomic E-state index is 0.147. The van der Waals surface area contributed by atoms with Crippen molar-refractivity contribution in [3.05, 3.63) is 0 Å². The van der Waals surface area contributed by atoms with Gasteiger partial charge in [0, 0.05) is 32.3 Å². The van der Waals surface area contributed by atoms with Crippen LogP contribution in [0.2, 0.25) is 0 Å². The third-order valence-electron chi connectivity index (χ3n) is 4.35. The van der Waals surface area contributed by atoms with E-state index < -0.39 is 6.09 Å². The van der Waals surface area contributed by atoms with Gasteiger partial charge in [-0.3, -0.25) is 0 Å². The normalized spacial score (nSPS) is 31.2. The van der Waals surface area contributed by atoms with Gasteiger partial charge in [-0.15, -0.1) is 0 Å².